The van der Waals surface area contributed by atoms with Crippen molar-refractivity contribution in [1.29, 1.82) is 0 Å². The molecule has 196 valence electrons. The summed E-state index contributed by atoms with van der Waals surface area (Å²) in [5.41, 5.74) is 7.69. The molecule has 6 aromatic rings. The van der Waals surface area contributed by atoms with Gasteiger partial charge in [0.1, 0.15) is 23.9 Å². The third kappa shape index (κ3) is 4.08. The topological polar surface area (TPSA) is 98.8 Å². The van der Waals surface area contributed by atoms with Crippen molar-refractivity contribution >= 4 is 22.2 Å². The van der Waals surface area contributed by atoms with Crippen molar-refractivity contribution in [3.8, 4) is 17.3 Å². The number of aromatic nitrogens is 5. The molecule has 0 saturated carbocycles. The van der Waals surface area contributed by atoms with E-state index in [0.717, 1.165) is 44.8 Å². The van der Waals surface area contributed by atoms with Gasteiger partial charge in [0.05, 0.1) is 11.0 Å². The smallest absolute Gasteiger partial charge is 0.439 e. The Morgan fingerprint density at radius 1 is 1.02 bits per heavy atom. The molecule has 0 saturated heterocycles. The molecule has 1 aliphatic rings. The van der Waals surface area contributed by atoms with Gasteiger partial charge in [-0.15, -0.1) is 0 Å². The van der Waals surface area contributed by atoms with Crippen LogP contribution < -0.4 is 10.5 Å². The third-order valence-electron chi connectivity index (χ3n) is 7.09. The van der Waals surface area contributed by atoms with Crippen LogP contribution in [0.25, 0.3) is 33.7 Å². The van der Waals surface area contributed by atoms with Gasteiger partial charge in [-0.1, -0.05) is 35.5 Å². The molecule has 7 rings (SSSR count). The number of H-pyrrole nitrogens is 1. The molecule has 0 radical (unpaired) electrons. The summed E-state index contributed by atoms with van der Waals surface area (Å²) in [5, 5.41) is 3.89. The van der Waals surface area contributed by atoms with Crippen LogP contribution in [0.2, 0.25) is 0 Å². The van der Waals surface area contributed by atoms with E-state index in [0.29, 0.717) is 29.3 Å². The number of rotatable bonds is 4. The summed E-state index contributed by atoms with van der Waals surface area (Å²) >= 11 is 0. The Morgan fingerprint density at radius 3 is 2.70 bits per heavy atom. The molecule has 40 heavy (non-hydrogen) atoms. The molecule has 9 heteroatoms. The summed E-state index contributed by atoms with van der Waals surface area (Å²) < 4.78 is 27.2. The highest BCUT2D eigenvalue weighted by molar-refractivity contribution is 5.99. The second-order valence-corrected chi connectivity index (χ2v) is 9.59. The lowest BCUT2D eigenvalue weighted by molar-refractivity contribution is 0.305. The van der Waals surface area contributed by atoms with Gasteiger partial charge in [0.25, 0.3) is 0 Å². The minimum Gasteiger partial charge on any atom is -0.488 e. The van der Waals surface area contributed by atoms with Gasteiger partial charge in [-0.3, -0.25) is 14.5 Å². The number of nitrogens with one attached hydrogen (secondary N) is 1. The molecule has 4 heterocycles. The van der Waals surface area contributed by atoms with Gasteiger partial charge >= 0.3 is 5.76 Å². The van der Waals surface area contributed by atoms with Gasteiger partial charge in [0.2, 0.25) is 0 Å². The quantitative estimate of drug-likeness (QED) is 0.307. The Labute approximate surface area is 227 Å². The van der Waals surface area contributed by atoms with Gasteiger partial charge in [0, 0.05) is 29.9 Å². The minimum absolute atomic E-state index is 0.240. The average Bonchev–Trinajstić information content (AvgIpc) is 3.53. The number of para-hydroxylation sites is 2. The molecule has 8 nitrogen and oxygen atoms in total. The molecular weight excluding hydrogens is 509 g/mol. The summed E-state index contributed by atoms with van der Waals surface area (Å²) in [7, 11) is 0. The highest BCUT2D eigenvalue weighted by Crippen LogP contribution is 2.41. The molecule has 0 bridgehead atoms. The standard InChI is InChI=1S/C31H22FN5O3/c1-18(29-35-31(38)40-36-29)28-22-11-9-19(14-20(22)17-39-27-15-21(32)10-12-23(27)28)16-37-26-8-3-2-6-24(26)34-30(37)25-7-4-5-13-33-25/h2-15H,16-17H2,1H3,(H,35,36,38)/b28-18+. The number of hydrogen-bond acceptors (Lipinski definition) is 6. The van der Waals surface area contributed by atoms with Crippen LogP contribution in [-0.2, 0) is 13.2 Å². The number of ether oxygens (including phenoxy) is 1. The summed E-state index contributed by atoms with van der Waals surface area (Å²) in [6, 6.07) is 24.4. The number of benzene rings is 3. The third-order valence-corrected chi connectivity index (χ3v) is 7.09. The van der Waals surface area contributed by atoms with Crippen molar-refractivity contribution in [1.82, 2.24) is 24.7 Å². The van der Waals surface area contributed by atoms with Crippen LogP contribution in [0.4, 0.5) is 4.39 Å². The van der Waals surface area contributed by atoms with E-state index < -0.39 is 11.6 Å². The predicted octanol–water partition coefficient (Wildman–Crippen LogP) is 5.83. The number of imidazole rings is 1. The molecule has 1 aliphatic heterocycles. The van der Waals surface area contributed by atoms with Crippen molar-refractivity contribution in [3.05, 3.63) is 130 Å². The van der Waals surface area contributed by atoms with Gasteiger partial charge < -0.3 is 9.30 Å². The summed E-state index contributed by atoms with van der Waals surface area (Å²) in [6.07, 6.45) is 1.76. The van der Waals surface area contributed by atoms with E-state index in [1.54, 1.807) is 12.3 Å². The minimum atomic E-state index is -0.647. The maximum absolute atomic E-state index is 14.2. The average molecular weight is 532 g/mol. The first-order valence-electron chi connectivity index (χ1n) is 12.7. The number of halogens is 1. The zero-order valence-electron chi connectivity index (χ0n) is 21.4. The Kier molecular flexibility index (Phi) is 5.62. The van der Waals surface area contributed by atoms with Gasteiger partial charge in [-0.2, -0.15) is 0 Å². The normalized spacial score (nSPS) is 13.8. The highest BCUT2D eigenvalue weighted by atomic mass is 19.1. The largest absolute Gasteiger partial charge is 0.488 e. The maximum atomic E-state index is 14.2. The fourth-order valence-electron chi connectivity index (χ4n) is 5.25. The predicted molar refractivity (Wildman–Crippen MR) is 148 cm³/mol. The monoisotopic (exact) mass is 531 g/mol. The molecule has 3 aromatic carbocycles. The lowest BCUT2D eigenvalue weighted by atomic mass is 9.89. The van der Waals surface area contributed by atoms with Crippen molar-refractivity contribution in [2.24, 2.45) is 0 Å². The van der Waals surface area contributed by atoms with Crippen LogP contribution in [0.15, 0.2) is 94.4 Å². The van der Waals surface area contributed by atoms with Crippen LogP contribution in [0.3, 0.4) is 0 Å². The molecule has 3 aromatic heterocycles. The zero-order chi connectivity index (χ0) is 27.2. The summed E-state index contributed by atoms with van der Waals surface area (Å²) in [5.74, 6) is 0.452. The van der Waals surface area contributed by atoms with E-state index in [2.05, 4.69) is 37.9 Å². The van der Waals surface area contributed by atoms with Gasteiger partial charge in [0.15, 0.2) is 11.6 Å². The van der Waals surface area contributed by atoms with Crippen LogP contribution >= 0.6 is 0 Å². The zero-order valence-corrected chi connectivity index (χ0v) is 21.4. The van der Waals surface area contributed by atoms with E-state index in [4.69, 9.17) is 14.2 Å². The Hall–Kier alpha value is -5.31. The molecular formula is C31H22FN5O3. The molecule has 0 spiro atoms. The SMILES string of the molecule is C/C(=C1/c2ccc(Cn3c(-c4ccccn4)nc4ccccc43)cc2COc2cc(F)ccc21)c1noc(=O)[nH]1. The molecule has 0 amide bonds. The summed E-state index contributed by atoms with van der Waals surface area (Å²) in [4.78, 5) is 23.7. The lowest BCUT2D eigenvalue weighted by Crippen LogP contribution is -2.05. The van der Waals surface area contributed by atoms with Crippen molar-refractivity contribution in [2.75, 3.05) is 0 Å². The number of pyridine rings is 1. The van der Waals surface area contributed by atoms with E-state index in [-0.39, 0.29) is 6.61 Å². The van der Waals surface area contributed by atoms with Crippen LogP contribution in [0.1, 0.15) is 35.0 Å². The fourth-order valence-corrected chi connectivity index (χ4v) is 5.25. The lowest BCUT2D eigenvalue weighted by Gasteiger charge is -2.15. The van der Waals surface area contributed by atoms with Crippen molar-refractivity contribution in [2.45, 2.75) is 20.1 Å². The van der Waals surface area contributed by atoms with Crippen LogP contribution in [-0.4, -0.2) is 24.7 Å². The van der Waals surface area contributed by atoms with Crippen molar-refractivity contribution < 1.29 is 13.7 Å². The Bertz CT molecular complexity index is 1990. The molecule has 0 aliphatic carbocycles. The molecule has 0 atom stereocenters. The number of aromatic amines is 1. The second-order valence-electron chi connectivity index (χ2n) is 9.59. The molecule has 0 fully saturated rings. The van der Waals surface area contributed by atoms with Crippen molar-refractivity contribution in [3.63, 3.8) is 0 Å². The maximum Gasteiger partial charge on any atom is 0.439 e. The first-order chi connectivity index (χ1) is 19.5. The summed E-state index contributed by atoms with van der Waals surface area (Å²) in [6.45, 7) is 2.63. The molecule has 0 unspecified atom stereocenters. The number of hydrogen-bond donors (Lipinski definition) is 1. The van der Waals surface area contributed by atoms with Crippen LogP contribution in [0.5, 0.6) is 5.75 Å². The van der Waals surface area contributed by atoms with E-state index in [1.807, 2.05) is 49.4 Å². The first kappa shape index (κ1) is 23.8. The first-order valence-corrected chi connectivity index (χ1v) is 12.7. The Morgan fingerprint density at radius 2 is 1.88 bits per heavy atom. The highest BCUT2D eigenvalue weighted by Gasteiger charge is 2.24. The van der Waals surface area contributed by atoms with Gasteiger partial charge in [-0.05, 0) is 71.7 Å². The molecule has 1 N–H and O–H groups in total. The fraction of sp³-hybridized carbons (Fsp3) is 0.0968. The van der Waals surface area contributed by atoms with Crippen LogP contribution in [0, 0.1) is 5.82 Å². The number of nitrogens with zero attached hydrogens (tertiary/aromatic N) is 4. The van der Waals surface area contributed by atoms with E-state index >= 15 is 0 Å². The van der Waals surface area contributed by atoms with E-state index in [1.165, 1.54) is 12.1 Å². The van der Waals surface area contributed by atoms with E-state index in [9.17, 15) is 9.18 Å². The number of fused-ring (bicyclic) bond motifs is 3. The second kappa shape index (κ2) is 9.46. The number of allylic oxidation sites excluding steroid dienone is 1. The Balaban J connectivity index is 1.37. The van der Waals surface area contributed by atoms with Gasteiger partial charge in [-0.25, -0.2) is 14.2 Å².